The molecular formula is C14H26O3. The average Bonchev–Trinajstić information content (AvgIpc) is 2.60. The molecule has 0 aromatic carbocycles. The molecule has 1 N–H and O–H groups in total. The Morgan fingerprint density at radius 3 is 2.59 bits per heavy atom. The number of rotatable bonds is 5. The van der Waals surface area contributed by atoms with E-state index in [-0.39, 0.29) is 29.3 Å². The van der Waals surface area contributed by atoms with E-state index >= 15 is 0 Å². The third-order valence-corrected chi connectivity index (χ3v) is 5.24. The van der Waals surface area contributed by atoms with Crippen molar-refractivity contribution in [3.05, 3.63) is 0 Å². The van der Waals surface area contributed by atoms with E-state index in [1.165, 1.54) is 7.11 Å². The first kappa shape index (κ1) is 14.5. The van der Waals surface area contributed by atoms with Crippen molar-refractivity contribution in [2.75, 3.05) is 13.7 Å². The Kier molecular flexibility index (Phi) is 4.59. The molecule has 0 aromatic rings. The molecule has 0 amide bonds. The molecule has 3 atom stereocenters. The van der Waals surface area contributed by atoms with E-state index in [1.54, 1.807) is 0 Å². The number of aliphatic hydroxyl groups is 1. The molecule has 0 aliphatic heterocycles. The van der Waals surface area contributed by atoms with Crippen molar-refractivity contribution < 1.29 is 14.6 Å². The van der Waals surface area contributed by atoms with Crippen molar-refractivity contribution in [1.82, 2.24) is 0 Å². The summed E-state index contributed by atoms with van der Waals surface area (Å²) in [6.45, 7) is 6.85. The smallest absolute Gasteiger partial charge is 0.309 e. The highest BCUT2D eigenvalue weighted by molar-refractivity contribution is 5.74. The molecular weight excluding hydrogens is 216 g/mol. The molecule has 3 heteroatoms. The predicted octanol–water partition coefficient (Wildman–Crippen LogP) is 2.76. The zero-order valence-electron chi connectivity index (χ0n) is 11.6. The normalized spacial score (nSPS) is 37.1. The van der Waals surface area contributed by atoms with Crippen molar-refractivity contribution in [2.24, 2.45) is 16.7 Å². The van der Waals surface area contributed by atoms with E-state index in [9.17, 15) is 4.79 Å². The summed E-state index contributed by atoms with van der Waals surface area (Å²) in [6.07, 6.45) is 4.76. The summed E-state index contributed by atoms with van der Waals surface area (Å²) in [4.78, 5) is 11.9. The summed E-state index contributed by atoms with van der Waals surface area (Å²) >= 11 is 0. The minimum Gasteiger partial charge on any atom is -0.469 e. The van der Waals surface area contributed by atoms with Crippen LogP contribution in [0.15, 0.2) is 0 Å². The lowest BCUT2D eigenvalue weighted by atomic mass is 9.61. The molecule has 0 saturated heterocycles. The monoisotopic (exact) mass is 242 g/mol. The largest absolute Gasteiger partial charge is 0.469 e. The Labute approximate surface area is 105 Å². The first-order valence-corrected chi connectivity index (χ1v) is 6.64. The lowest BCUT2D eigenvalue weighted by molar-refractivity contribution is -0.151. The summed E-state index contributed by atoms with van der Waals surface area (Å²) in [6, 6.07) is 0. The first-order chi connectivity index (χ1) is 7.95. The quantitative estimate of drug-likeness (QED) is 0.754. The molecule has 0 aromatic heterocycles. The van der Waals surface area contributed by atoms with Gasteiger partial charge in [0.15, 0.2) is 0 Å². The Morgan fingerprint density at radius 2 is 2.12 bits per heavy atom. The highest BCUT2D eigenvalue weighted by Crippen LogP contribution is 2.60. The van der Waals surface area contributed by atoms with Crippen LogP contribution in [-0.4, -0.2) is 24.8 Å². The number of hydrogen-bond acceptors (Lipinski definition) is 3. The van der Waals surface area contributed by atoms with Crippen LogP contribution in [0.3, 0.4) is 0 Å². The van der Waals surface area contributed by atoms with Crippen molar-refractivity contribution in [3.8, 4) is 0 Å². The zero-order chi connectivity index (χ0) is 13.1. The van der Waals surface area contributed by atoms with Crippen molar-refractivity contribution in [3.63, 3.8) is 0 Å². The number of ether oxygens (including phenoxy) is 1. The molecule has 3 nitrogen and oxygen atoms in total. The molecule has 1 fully saturated rings. The number of aliphatic hydroxyl groups excluding tert-OH is 1. The summed E-state index contributed by atoms with van der Waals surface area (Å²) < 4.78 is 4.94. The Bertz CT molecular complexity index is 277. The maximum atomic E-state index is 11.9. The summed E-state index contributed by atoms with van der Waals surface area (Å²) in [5.41, 5.74) is 0.137. The van der Waals surface area contributed by atoms with Gasteiger partial charge in [-0.05, 0) is 42.9 Å². The molecule has 3 unspecified atom stereocenters. The Hall–Kier alpha value is -0.570. The van der Waals surface area contributed by atoms with Crippen molar-refractivity contribution >= 4 is 5.97 Å². The highest BCUT2D eigenvalue weighted by Gasteiger charge is 2.55. The van der Waals surface area contributed by atoms with Gasteiger partial charge in [-0.15, -0.1) is 0 Å². The van der Waals surface area contributed by atoms with Gasteiger partial charge in [-0.1, -0.05) is 20.8 Å². The van der Waals surface area contributed by atoms with E-state index in [4.69, 9.17) is 9.84 Å². The Morgan fingerprint density at radius 1 is 1.47 bits per heavy atom. The lowest BCUT2D eigenvalue weighted by Crippen LogP contribution is -2.40. The summed E-state index contributed by atoms with van der Waals surface area (Å²) in [5.74, 6) is -0.0525. The van der Waals surface area contributed by atoms with Gasteiger partial charge in [0.1, 0.15) is 0 Å². The van der Waals surface area contributed by atoms with E-state index < -0.39 is 0 Å². The SMILES string of the molecule is CCC1(C)C(C(=O)OC)CCC1(C)CCCO. The summed E-state index contributed by atoms with van der Waals surface area (Å²) in [7, 11) is 1.47. The Balaban J connectivity index is 2.92. The van der Waals surface area contributed by atoms with E-state index in [1.807, 2.05) is 0 Å². The number of esters is 1. The lowest BCUT2D eigenvalue weighted by Gasteiger charge is -2.43. The maximum absolute atomic E-state index is 11.9. The topological polar surface area (TPSA) is 46.5 Å². The second kappa shape index (κ2) is 5.38. The molecule has 1 rings (SSSR count). The number of carbonyl (C=O) groups excluding carboxylic acids is 1. The van der Waals surface area contributed by atoms with Crippen LogP contribution in [0.2, 0.25) is 0 Å². The van der Waals surface area contributed by atoms with Gasteiger partial charge in [0, 0.05) is 6.61 Å². The van der Waals surface area contributed by atoms with Crippen LogP contribution in [0.1, 0.15) is 52.9 Å². The molecule has 1 aliphatic rings. The van der Waals surface area contributed by atoms with Gasteiger partial charge < -0.3 is 9.84 Å². The molecule has 0 bridgehead atoms. The fourth-order valence-corrected chi connectivity index (χ4v) is 3.56. The zero-order valence-corrected chi connectivity index (χ0v) is 11.6. The minimum atomic E-state index is -0.0675. The molecule has 0 spiro atoms. The average molecular weight is 242 g/mol. The third-order valence-electron chi connectivity index (χ3n) is 5.24. The fraction of sp³-hybridized carbons (Fsp3) is 0.929. The van der Waals surface area contributed by atoms with Crippen LogP contribution in [0.25, 0.3) is 0 Å². The van der Waals surface area contributed by atoms with Crippen molar-refractivity contribution in [2.45, 2.75) is 52.9 Å². The second-order valence-corrected chi connectivity index (χ2v) is 5.77. The minimum absolute atomic E-state index is 0.00470. The standard InChI is InChI=1S/C14H26O3/c1-5-14(3)11(12(16)17-4)7-9-13(14,2)8-6-10-15/h11,15H,5-10H2,1-4H3. The van der Waals surface area contributed by atoms with Gasteiger partial charge in [-0.3, -0.25) is 4.79 Å². The van der Waals surface area contributed by atoms with Crippen LogP contribution >= 0.6 is 0 Å². The van der Waals surface area contributed by atoms with E-state index in [2.05, 4.69) is 20.8 Å². The molecule has 17 heavy (non-hydrogen) atoms. The predicted molar refractivity (Wildman–Crippen MR) is 67.6 cm³/mol. The van der Waals surface area contributed by atoms with Gasteiger partial charge in [-0.25, -0.2) is 0 Å². The molecule has 1 aliphatic carbocycles. The highest BCUT2D eigenvalue weighted by atomic mass is 16.5. The maximum Gasteiger partial charge on any atom is 0.309 e. The van der Waals surface area contributed by atoms with Crippen LogP contribution in [0, 0.1) is 16.7 Å². The molecule has 100 valence electrons. The second-order valence-electron chi connectivity index (χ2n) is 5.77. The third kappa shape index (κ3) is 2.35. The van der Waals surface area contributed by atoms with Crippen molar-refractivity contribution in [1.29, 1.82) is 0 Å². The van der Waals surface area contributed by atoms with E-state index in [0.717, 1.165) is 32.1 Å². The van der Waals surface area contributed by atoms with Crippen LogP contribution < -0.4 is 0 Å². The molecule has 0 radical (unpaired) electrons. The van der Waals surface area contributed by atoms with Gasteiger partial charge in [-0.2, -0.15) is 0 Å². The van der Waals surface area contributed by atoms with Gasteiger partial charge in [0.05, 0.1) is 13.0 Å². The fourth-order valence-electron chi connectivity index (χ4n) is 3.56. The molecule has 0 heterocycles. The number of methoxy groups -OCH3 is 1. The van der Waals surface area contributed by atoms with E-state index in [0.29, 0.717) is 0 Å². The number of carbonyl (C=O) groups is 1. The van der Waals surface area contributed by atoms with Gasteiger partial charge in [0.25, 0.3) is 0 Å². The van der Waals surface area contributed by atoms with Crippen LogP contribution in [0.4, 0.5) is 0 Å². The van der Waals surface area contributed by atoms with Crippen LogP contribution in [0.5, 0.6) is 0 Å². The van der Waals surface area contributed by atoms with Gasteiger partial charge in [0.2, 0.25) is 0 Å². The first-order valence-electron chi connectivity index (χ1n) is 6.64. The number of hydrogen-bond donors (Lipinski definition) is 1. The summed E-state index contributed by atoms with van der Waals surface area (Å²) in [5, 5.41) is 9.01. The van der Waals surface area contributed by atoms with Crippen LogP contribution in [-0.2, 0) is 9.53 Å². The van der Waals surface area contributed by atoms with Gasteiger partial charge >= 0.3 is 5.97 Å². The molecule has 1 saturated carbocycles.